The average molecular weight is 289 g/mol. The van der Waals surface area contributed by atoms with Crippen molar-refractivity contribution in [3.63, 3.8) is 0 Å². The third-order valence-corrected chi connectivity index (χ3v) is 4.26. The zero-order valence-electron chi connectivity index (χ0n) is 12.0. The van der Waals surface area contributed by atoms with E-state index in [-0.39, 0.29) is 12.3 Å². The lowest BCUT2D eigenvalue weighted by atomic mass is 9.84. The second-order valence-corrected chi connectivity index (χ2v) is 5.74. The number of hydrogen-bond donors (Lipinski definition) is 1. The Labute approximate surface area is 122 Å². The van der Waals surface area contributed by atoms with Crippen LogP contribution in [0.5, 0.6) is 0 Å². The first-order valence-electron chi connectivity index (χ1n) is 7.26. The molecule has 1 fully saturated rings. The number of nitrogens with zero attached hydrogens (tertiary/aromatic N) is 5. The summed E-state index contributed by atoms with van der Waals surface area (Å²) in [6, 6.07) is 0. The Kier molecular flexibility index (Phi) is 3.72. The Hall–Kier alpha value is -2.18. The molecule has 2 unspecified atom stereocenters. The number of hydrogen-bond acceptors (Lipinski definition) is 5. The van der Waals surface area contributed by atoms with Crippen LogP contribution in [-0.4, -0.2) is 43.7 Å². The molecule has 21 heavy (non-hydrogen) atoms. The van der Waals surface area contributed by atoms with E-state index in [9.17, 15) is 4.79 Å². The lowest BCUT2D eigenvalue weighted by molar-refractivity contribution is -0.138. The summed E-state index contributed by atoms with van der Waals surface area (Å²) in [6.45, 7) is 3.77. The SMILES string of the molecule is CC(CC(=O)O)C1CCCN(c2nccn3cnnc23)C1. The molecule has 1 aliphatic heterocycles. The molecule has 0 aliphatic carbocycles. The van der Waals surface area contributed by atoms with E-state index < -0.39 is 5.97 Å². The van der Waals surface area contributed by atoms with Gasteiger partial charge in [-0.15, -0.1) is 10.2 Å². The van der Waals surface area contributed by atoms with E-state index in [4.69, 9.17) is 5.11 Å². The summed E-state index contributed by atoms with van der Waals surface area (Å²) < 4.78 is 1.85. The minimum absolute atomic E-state index is 0.169. The molecule has 3 heterocycles. The molecule has 0 bridgehead atoms. The molecule has 2 aromatic heterocycles. The van der Waals surface area contributed by atoms with Gasteiger partial charge in [0.1, 0.15) is 6.33 Å². The molecule has 1 saturated heterocycles. The van der Waals surface area contributed by atoms with Gasteiger partial charge in [0.05, 0.1) is 0 Å². The zero-order valence-corrected chi connectivity index (χ0v) is 12.0. The van der Waals surface area contributed by atoms with E-state index in [0.717, 1.165) is 37.4 Å². The van der Waals surface area contributed by atoms with Gasteiger partial charge in [-0.3, -0.25) is 9.20 Å². The zero-order chi connectivity index (χ0) is 14.8. The lowest BCUT2D eigenvalue weighted by Crippen LogP contribution is -2.39. The Balaban J connectivity index is 1.80. The molecule has 7 nitrogen and oxygen atoms in total. The summed E-state index contributed by atoms with van der Waals surface area (Å²) >= 11 is 0. The van der Waals surface area contributed by atoms with Crippen molar-refractivity contribution >= 4 is 17.4 Å². The van der Waals surface area contributed by atoms with E-state index in [1.165, 1.54) is 0 Å². The Bertz CT molecular complexity index is 641. The highest BCUT2D eigenvalue weighted by molar-refractivity contribution is 5.67. The number of aliphatic carboxylic acids is 1. The molecule has 112 valence electrons. The molecule has 2 aromatic rings. The van der Waals surface area contributed by atoms with Crippen LogP contribution in [0.2, 0.25) is 0 Å². The maximum Gasteiger partial charge on any atom is 0.303 e. The first kappa shape index (κ1) is 13.8. The third kappa shape index (κ3) is 2.81. The maximum atomic E-state index is 10.9. The highest BCUT2D eigenvalue weighted by Gasteiger charge is 2.27. The minimum Gasteiger partial charge on any atom is -0.481 e. The van der Waals surface area contributed by atoms with Crippen LogP contribution in [0.3, 0.4) is 0 Å². The molecular weight excluding hydrogens is 270 g/mol. The van der Waals surface area contributed by atoms with Gasteiger partial charge in [-0.1, -0.05) is 6.92 Å². The number of anilines is 1. The quantitative estimate of drug-likeness (QED) is 0.917. The molecule has 2 atom stereocenters. The molecule has 1 N–H and O–H groups in total. The van der Waals surface area contributed by atoms with Crippen molar-refractivity contribution in [1.29, 1.82) is 0 Å². The summed E-state index contributed by atoms with van der Waals surface area (Å²) in [5, 5.41) is 17.0. The summed E-state index contributed by atoms with van der Waals surface area (Å²) in [5.74, 6) is 0.655. The highest BCUT2D eigenvalue weighted by atomic mass is 16.4. The summed E-state index contributed by atoms with van der Waals surface area (Å²) in [7, 11) is 0. The summed E-state index contributed by atoms with van der Waals surface area (Å²) in [5.41, 5.74) is 0.754. The number of fused-ring (bicyclic) bond motifs is 1. The predicted octanol–water partition coefficient (Wildman–Crippen LogP) is 1.45. The number of piperidine rings is 1. The van der Waals surface area contributed by atoms with Crippen molar-refractivity contribution in [2.24, 2.45) is 11.8 Å². The smallest absolute Gasteiger partial charge is 0.303 e. The van der Waals surface area contributed by atoms with Gasteiger partial charge in [-0.05, 0) is 24.7 Å². The molecule has 0 spiro atoms. The van der Waals surface area contributed by atoms with Gasteiger partial charge in [0.2, 0.25) is 5.65 Å². The molecule has 0 radical (unpaired) electrons. The van der Waals surface area contributed by atoms with Gasteiger partial charge in [0, 0.05) is 31.9 Å². The van der Waals surface area contributed by atoms with Crippen molar-refractivity contribution in [2.75, 3.05) is 18.0 Å². The lowest BCUT2D eigenvalue weighted by Gasteiger charge is -2.36. The van der Waals surface area contributed by atoms with E-state index in [1.807, 2.05) is 17.5 Å². The molecule has 0 amide bonds. The largest absolute Gasteiger partial charge is 0.481 e. The predicted molar refractivity (Wildman–Crippen MR) is 77.1 cm³/mol. The maximum absolute atomic E-state index is 10.9. The second kappa shape index (κ2) is 5.67. The van der Waals surface area contributed by atoms with Gasteiger partial charge >= 0.3 is 5.97 Å². The van der Waals surface area contributed by atoms with Crippen molar-refractivity contribution in [3.8, 4) is 0 Å². The monoisotopic (exact) mass is 289 g/mol. The van der Waals surface area contributed by atoms with E-state index >= 15 is 0 Å². The van der Waals surface area contributed by atoms with E-state index in [0.29, 0.717) is 5.92 Å². The van der Waals surface area contributed by atoms with Crippen LogP contribution in [0.1, 0.15) is 26.2 Å². The van der Waals surface area contributed by atoms with Crippen molar-refractivity contribution in [2.45, 2.75) is 26.2 Å². The number of carboxylic acids is 1. The standard InChI is InChI=1S/C14H19N5O2/c1-10(7-12(20)21)11-3-2-5-18(8-11)13-14-17-16-9-19(14)6-4-15-13/h4,6,9-11H,2-3,5,7-8H2,1H3,(H,20,21). The number of carboxylic acid groups (broad SMARTS) is 1. The first-order chi connectivity index (χ1) is 10.1. The fourth-order valence-electron chi connectivity index (χ4n) is 3.08. The van der Waals surface area contributed by atoms with Crippen LogP contribution in [0, 0.1) is 11.8 Å². The Morgan fingerprint density at radius 3 is 3.24 bits per heavy atom. The van der Waals surface area contributed by atoms with Gasteiger partial charge in [-0.2, -0.15) is 0 Å². The van der Waals surface area contributed by atoms with Crippen LogP contribution in [0.15, 0.2) is 18.7 Å². The summed E-state index contributed by atoms with van der Waals surface area (Å²) in [6.07, 6.45) is 7.58. The molecule has 7 heteroatoms. The fourth-order valence-corrected chi connectivity index (χ4v) is 3.08. The highest BCUT2D eigenvalue weighted by Crippen LogP contribution is 2.29. The van der Waals surface area contributed by atoms with Crippen LogP contribution < -0.4 is 4.90 Å². The number of carbonyl (C=O) groups is 1. The molecule has 0 saturated carbocycles. The van der Waals surface area contributed by atoms with E-state index in [1.54, 1.807) is 12.5 Å². The van der Waals surface area contributed by atoms with Crippen molar-refractivity contribution < 1.29 is 9.90 Å². The Morgan fingerprint density at radius 1 is 1.57 bits per heavy atom. The number of rotatable bonds is 4. The molecular formula is C14H19N5O2. The topological polar surface area (TPSA) is 83.6 Å². The molecule has 1 aliphatic rings. The molecule has 0 aromatic carbocycles. The minimum atomic E-state index is -0.725. The van der Waals surface area contributed by atoms with Gasteiger partial charge < -0.3 is 10.0 Å². The van der Waals surface area contributed by atoms with Crippen molar-refractivity contribution in [1.82, 2.24) is 19.6 Å². The second-order valence-electron chi connectivity index (χ2n) is 5.74. The van der Waals surface area contributed by atoms with Gasteiger partial charge in [0.15, 0.2) is 5.82 Å². The van der Waals surface area contributed by atoms with Gasteiger partial charge in [0.25, 0.3) is 0 Å². The van der Waals surface area contributed by atoms with Crippen LogP contribution in [0.4, 0.5) is 5.82 Å². The fraction of sp³-hybridized carbons (Fsp3) is 0.571. The van der Waals surface area contributed by atoms with Crippen LogP contribution in [0.25, 0.3) is 5.65 Å². The third-order valence-electron chi connectivity index (χ3n) is 4.26. The summed E-state index contributed by atoms with van der Waals surface area (Å²) in [4.78, 5) is 17.5. The first-order valence-corrected chi connectivity index (χ1v) is 7.26. The Morgan fingerprint density at radius 2 is 2.43 bits per heavy atom. The van der Waals surface area contributed by atoms with E-state index in [2.05, 4.69) is 20.1 Å². The average Bonchev–Trinajstić information content (AvgIpc) is 2.95. The number of aromatic nitrogens is 4. The van der Waals surface area contributed by atoms with Gasteiger partial charge in [-0.25, -0.2) is 4.98 Å². The van der Waals surface area contributed by atoms with Crippen molar-refractivity contribution in [3.05, 3.63) is 18.7 Å². The molecule has 3 rings (SSSR count). The van der Waals surface area contributed by atoms with Crippen LogP contribution in [-0.2, 0) is 4.79 Å². The normalized spacial score (nSPS) is 20.6. The van der Waals surface area contributed by atoms with Crippen LogP contribution >= 0.6 is 0 Å².